The standard InChI is InChI=1S/C10H11F3O3S/c1-17(14,15)16-7-6-8-2-4-9(5-3-8)10(11,12)13/h2-5H,6-7H2,1H3. The molecule has 0 unspecified atom stereocenters. The van der Waals surface area contributed by atoms with E-state index in [2.05, 4.69) is 4.18 Å². The van der Waals surface area contributed by atoms with Gasteiger partial charge >= 0.3 is 6.18 Å². The smallest absolute Gasteiger partial charge is 0.270 e. The largest absolute Gasteiger partial charge is 0.416 e. The summed E-state index contributed by atoms with van der Waals surface area (Å²) in [6.45, 7) is -0.0792. The Labute approximate surface area is 97.3 Å². The average molecular weight is 268 g/mol. The summed E-state index contributed by atoms with van der Waals surface area (Å²) >= 11 is 0. The summed E-state index contributed by atoms with van der Waals surface area (Å²) in [5, 5.41) is 0. The van der Waals surface area contributed by atoms with Crippen molar-refractivity contribution in [3.8, 4) is 0 Å². The molecule has 0 atom stereocenters. The predicted octanol–water partition coefficient (Wildman–Crippen LogP) is 2.22. The van der Waals surface area contributed by atoms with Gasteiger partial charge in [0.15, 0.2) is 0 Å². The van der Waals surface area contributed by atoms with Crippen LogP contribution in [0.25, 0.3) is 0 Å². The van der Waals surface area contributed by atoms with Gasteiger partial charge in [0.2, 0.25) is 0 Å². The van der Waals surface area contributed by atoms with E-state index < -0.39 is 21.9 Å². The van der Waals surface area contributed by atoms with Crippen molar-refractivity contribution < 1.29 is 25.8 Å². The van der Waals surface area contributed by atoms with E-state index in [-0.39, 0.29) is 13.0 Å². The highest BCUT2D eigenvalue weighted by molar-refractivity contribution is 7.85. The van der Waals surface area contributed by atoms with Crippen molar-refractivity contribution in [3.63, 3.8) is 0 Å². The molecule has 0 bridgehead atoms. The molecule has 0 spiro atoms. The molecule has 1 aromatic carbocycles. The number of rotatable bonds is 4. The monoisotopic (exact) mass is 268 g/mol. The van der Waals surface area contributed by atoms with E-state index >= 15 is 0 Å². The molecule has 0 radical (unpaired) electrons. The topological polar surface area (TPSA) is 43.4 Å². The van der Waals surface area contributed by atoms with E-state index in [1.54, 1.807) is 0 Å². The second-order valence-corrected chi connectivity index (χ2v) is 5.11. The Kier molecular flexibility index (Phi) is 4.16. The zero-order valence-electron chi connectivity index (χ0n) is 8.99. The first-order valence-corrected chi connectivity index (χ1v) is 6.51. The van der Waals surface area contributed by atoms with Crippen LogP contribution in [0.2, 0.25) is 0 Å². The molecule has 0 amide bonds. The molecule has 0 aromatic heterocycles. The lowest BCUT2D eigenvalue weighted by atomic mass is 10.1. The summed E-state index contributed by atoms with van der Waals surface area (Å²) in [5.74, 6) is 0. The second kappa shape index (κ2) is 5.05. The van der Waals surface area contributed by atoms with Crippen molar-refractivity contribution in [2.75, 3.05) is 12.9 Å². The van der Waals surface area contributed by atoms with Gasteiger partial charge in [-0.25, -0.2) is 0 Å². The van der Waals surface area contributed by atoms with Crippen LogP contribution in [0.1, 0.15) is 11.1 Å². The van der Waals surface area contributed by atoms with Gasteiger partial charge in [0.1, 0.15) is 0 Å². The summed E-state index contributed by atoms with van der Waals surface area (Å²) < 4.78 is 62.4. The predicted molar refractivity (Wildman–Crippen MR) is 55.9 cm³/mol. The van der Waals surface area contributed by atoms with Crippen LogP contribution in [-0.2, 0) is 26.9 Å². The maximum absolute atomic E-state index is 12.2. The molecule has 0 heterocycles. The van der Waals surface area contributed by atoms with Crippen LogP contribution in [0.5, 0.6) is 0 Å². The molecule has 0 aliphatic carbocycles. The fourth-order valence-corrected chi connectivity index (χ4v) is 1.56. The molecule has 0 aliphatic rings. The maximum Gasteiger partial charge on any atom is 0.416 e. The normalized spacial score (nSPS) is 12.7. The van der Waals surface area contributed by atoms with Gasteiger partial charge < -0.3 is 0 Å². The van der Waals surface area contributed by atoms with Crippen LogP contribution in [-0.4, -0.2) is 21.3 Å². The minimum atomic E-state index is -4.36. The first-order valence-electron chi connectivity index (χ1n) is 4.69. The molecule has 7 heteroatoms. The number of hydrogen-bond donors (Lipinski definition) is 0. The Bertz CT molecular complexity index is 463. The van der Waals surface area contributed by atoms with Gasteiger partial charge in [0.05, 0.1) is 18.4 Å². The van der Waals surface area contributed by atoms with Crippen molar-refractivity contribution in [1.82, 2.24) is 0 Å². The van der Waals surface area contributed by atoms with Gasteiger partial charge in [0, 0.05) is 0 Å². The molecular weight excluding hydrogens is 257 g/mol. The summed E-state index contributed by atoms with van der Waals surface area (Å²) in [4.78, 5) is 0. The van der Waals surface area contributed by atoms with Crippen molar-refractivity contribution in [1.29, 1.82) is 0 Å². The number of benzene rings is 1. The Hall–Kier alpha value is -1.08. The van der Waals surface area contributed by atoms with Gasteiger partial charge in [-0.2, -0.15) is 21.6 Å². The third-order valence-electron chi connectivity index (χ3n) is 1.97. The molecule has 3 nitrogen and oxygen atoms in total. The Balaban J connectivity index is 2.58. The van der Waals surface area contributed by atoms with Crippen LogP contribution in [0.4, 0.5) is 13.2 Å². The second-order valence-electron chi connectivity index (χ2n) is 3.47. The summed E-state index contributed by atoms with van der Waals surface area (Å²) in [7, 11) is -3.51. The lowest BCUT2D eigenvalue weighted by molar-refractivity contribution is -0.137. The number of halogens is 3. The molecular formula is C10H11F3O3S. The van der Waals surface area contributed by atoms with Gasteiger partial charge in [-0.15, -0.1) is 0 Å². The van der Waals surface area contributed by atoms with Crippen molar-refractivity contribution >= 4 is 10.1 Å². The minimum absolute atomic E-state index is 0.0792. The van der Waals surface area contributed by atoms with Crippen LogP contribution in [0.15, 0.2) is 24.3 Å². The molecule has 0 N–H and O–H groups in total. The highest BCUT2D eigenvalue weighted by Gasteiger charge is 2.29. The molecule has 1 rings (SSSR count). The van der Waals surface area contributed by atoms with E-state index in [1.807, 2.05) is 0 Å². The minimum Gasteiger partial charge on any atom is -0.270 e. The van der Waals surface area contributed by atoms with Crippen molar-refractivity contribution in [3.05, 3.63) is 35.4 Å². The van der Waals surface area contributed by atoms with Crippen molar-refractivity contribution in [2.24, 2.45) is 0 Å². The third kappa shape index (κ3) is 5.18. The SMILES string of the molecule is CS(=O)(=O)OCCc1ccc(C(F)(F)F)cc1. The molecule has 0 aliphatic heterocycles. The van der Waals surface area contributed by atoms with Crippen molar-refractivity contribution in [2.45, 2.75) is 12.6 Å². The first-order chi connectivity index (χ1) is 7.68. The molecule has 0 fully saturated rings. The molecule has 0 saturated heterocycles. The number of alkyl halides is 3. The van der Waals surface area contributed by atoms with E-state index in [0.717, 1.165) is 18.4 Å². The van der Waals surface area contributed by atoms with E-state index in [9.17, 15) is 21.6 Å². The molecule has 1 aromatic rings. The van der Waals surface area contributed by atoms with Crippen LogP contribution in [0, 0.1) is 0 Å². The van der Waals surface area contributed by atoms with Crippen LogP contribution < -0.4 is 0 Å². The van der Waals surface area contributed by atoms with E-state index in [1.165, 1.54) is 12.1 Å². The summed E-state index contributed by atoms with van der Waals surface area (Å²) in [6, 6.07) is 4.51. The molecule has 17 heavy (non-hydrogen) atoms. The van der Waals surface area contributed by atoms with Gasteiger partial charge in [0.25, 0.3) is 10.1 Å². The van der Waals surface area contributed by atoms with Gasteiger partial charge in [-0.05, 0) is 24.1 Å². The highest BCUT2D eigenvalue weighted by Crippen LogP contribution is 2.29. The fourth-order valence-electron chi connectivity index (χ4n) is 1.17. The van der Waals surface area contributed by atoms with Gasteiger partial charge in [-0.3, -0.25) is 4.18 Å². The summed E-state index contributed by atoms with van der Waals surface area (Å²) in [5.41, 5.74) is -0.146. The fraction of sp³-hybridized carbons (Fsp3) is 0.400. The lowest BCUT2D eigenvalue weighted by Gasteiger charge is -2.07. The number of hydrogen-bond acceptors (Lipinski definition) is 3. The van der Waals surface area contributed by atoms with E-state index in [4.69, 9.17) is 0 Å². The highest BCUT2D eigenvalue weighted by atomic mass is 32.2. The lowest BCUT2D eigenvalue weighted by Crippen LogP contribution is -2.07. The first kappa shape index (κ1) is 14.0. The molecule has 96 valence electrons. The zero-order valence-corrected chi connectivity index (χ0v) is 9.81. The van der Waals surface area contributed by atoms with E-state index in [0.29, 0.717) is 5.56 Å². The molecule has 0 saturated carbocycles. The van der Waals surface area contributed by atoms with Gasteiger partial charge in [-0.1, -0.05) is 12.1 Å². The quantitative estimate of drug-likeness (QED) is 0.786. The van der Waals surface area contributed by atoms with Crippen LogP contribution >= 0.6 is 0 Å². The third-order valence-corrected chi connectivity index (χ3v) is 2.56. The zero-order chi connectivity index (χ0) is 13.1. The Morgan fingerprint density at radius 2 is 1.71 bits per heavy atom. The Morgan fingerprint density at radius 1 is 1.18 bits per heavy atom. The Morgan fingerprint density at radius 3 is 2.12 bits per heavy atom. The summed E-state index contributed by atoms with van der Waals surface area (Å²) in [6.07, 6.45) is -3.20. The average Bonchev–Trinajstić information content (AvgIpc) is 2.15. The maximum atomic E-state index is 12.2. The van der Waals surface area contributed by atoms with Crippen LogP contribution in [0.3, 0.4) is 0 Å².